The van der Waals surface area contributed by atoms with Crippen molar-refractivity contribution in [3.8, 4) is 0 Å². The van der Waals surface area contributed by atoms with Gasteiger partial charge in [0.2, 0.25) is 0 Å². The van der Waals surface area contributed by atoms with Crippen LogP contribution >= 0.6 is 0 Å². The number of aliphatic hydroxyl groups is 1. The molecule has 1 saturated heterocycles. The van der Waals surface area contributed by atoms with Gasteiger partial charge in [-0.25, -0.2) is 15.0 Å². The summed E-state index contributed by atoms with van der Waals surface area (Å²) < 4.78 is 17.7. The predicted octanol–water partition coefficient (Wildman–Crippen LogP) is -0.838. The Morgan fingerprint density at radius 2 is 1.92 bits per heavy atom. The average Bonchev–Trinajstić information content (AvgIpc) is 3.10. The summed E-state index contributed by atoms with van der Waals surface area (Å²) in [7, 11) is 0. The number of aromatic nitrogens is 4. The van der Waals surface area contributed by atoms with Crippen LogP contribution in [0.15, 0.2) is 12.7 Å². The molecule has 3 N–H and O–H groups in total. The topological polar surface area (TPSA) is 152 Å². The lowest BCUT2D eigenvalue weighted by atomic mass is 10.1. The van der Waals surface area contributed by atoms with Crippen molar-refractivity contribution in [1.82, 2.24) is 19.5 Å². The second-order valence-electron chi connectivity index (χ2n) is 5.48. The molecule has 1 unspecified atom stereocenters. The van der Waals surface area contributed by atoms with Gasteiger partial charge in [-0.1, -0.05) is 0 Å². The Kier molecular flexibility index (Phi) is 4.51. The van der Waals surface area contributed by atoms with Crippen LogP contribution in [-0.4, -0.2) is 61.5 Å². The van der Waals surface area contributed by atoms with E-state index in [9.17, 15) is 14.7 Å². The number of hydrogen-bond donors (Lipinski definition) is 2. The second kappa shape index (κ2) is 6.61. The van der Waals surface area contributed by atoms with E-state index < -0.39 is 43.1 Å². The maximum absolute atomic E-state index is 11.5. The maximum Gasteiger partial charge on any atom is 0.303 e. The van der Waals surface area contributed by atoms with Gasteiger partial charge in [0.25, 0.3) is 0 Å². The number of anilines is 1. The minimum atomic E-state index is -0.993. The van der Waals surface area contributed by atoms with Crippen molar-refractivity contribution >= 4 is 28.9 Å². The fourth-order valence-corrected chi connectivity index (χ4v) is 2.79. The quantitative estimate of drug-likeness (QED) is 0.667. The van der Waals surface area contributed by atoms with Crippen molar-refractivity contribution in [2.75, 3.05) is 12.3 Å². The highest BCUT2D eigenvalue weighted by Gasteiger charge is 2.50. The van der Waals surface area contributed by atoms with Crippen LogP contribution in [-0.2, 0) is 23.8 Å². The number of nitrogens with zero attached hydrogens (tertiary/aromatic N) is 4. The predicted molar refractivity (Wildman–Crippen MR) is 81.8 cm³/mol. The highest BCUT2D eigenvalue weighted by atomic mass is 16.6. The monoisotopic (exact) mass is 351 g/mol. The van der Waals surface area contributed by atoms with Gasteiger partial charge in [-0.15, -0.1) is 0 Å². The summed E-state index contributed by atoms with van der Waals surface area (Å²) >= 11 is 0. The lowest BCUT2D eigenvalue weighted by molar-refractivity contribution is -0.165. The molecule has 0 saturated carbocycles. The van der Waals surface area contributed by atoms with E-state index in [1.165, 1.54) is 31.1 Å². The van der Waals surface area contributed by atoms with Crippen LogP contribution < -0.4 is 5.73 Å². The summed E-state index contributed by atoms with van der Waals surface area (Å²) in [5, 5.41) is 9.55. The maximum atomic E-state index is 11.5. The lowest BCUT2D eigenvalue weighted by Gasteiger charge is -2.23. The van der Waals surface area contributed by atoms with E-state index in [1.54, 1.807) is 0 Å². The summed E-state index contributed by atoms with van der Waals surface area (Å²) in [4.78, 5) is 35.0. The van der Waals surface area contributed by atoms with E-state index in [2.05, 4.69) is 15.0 Å². The summed E-state index contributed by atoms with van der Waals surface area (Å²) in [5.41, 5.74) is 6.48. The first-order chi connectivity index (χ1) is 11.9. The van der Waals surface area contributed by atoms with Crippen molar-refractivity contribution in [3.05, 3.63) is 12.7 Å². The molecule has 0 aliphatic carbocycles. The first-order valence-corrected chi connectivity index (χ1v) is 7.46. The Hall–Kier alpha value is -2.79. The van der Waals surface area contributed by atoms with Gasteiger partial charge in [0.15, 0.2) is 29.9 Å². The number of hydrogen-bond acceptors (Lipinski definition) is 10. The van der Waals surface area contributed by atoms with Gasteiger partial charge < -0.3 is 25.1 Å². The molecule has 11 nitrogen and oxygen atoms in total. The first kappa shape index (κ1) is 17.0. The zero-order chi connectivity index (χ0) is 18.1. The number of nitrogen functional groups attached to an aromatic ring is 1. The number of carbonyl (C=O) groups is 2. The number of nitrogens with two attached hydrogens (primary N) is 1. The molecule has 2 aromatic rings. The van der Waals surface area contributed by atoms with E-state index >= 15 is 0 Å². The van der Waals surface area contributed by atoms with E-state index in [-0.39, 0.29) is 5.82 Å². The zero-order valence-electron chi connectivity index (χ0n) is 13.5. The van der Waals surface area contributed by atoms with E-state index in [0.717, 1.165) is 0 Å². The van der Waals surface area contributed by atoms with Crippen molar-refractivity contribution in [2.45, 2.75) is 38.4 Å². The molecule has 25 heavy (non-hydrogen) atoms. The summed E-state index contributed by atoms with van der Waals surface area (Å²) in [6.07, 6.45) is -1.10. The molecule has 0 aromatic carbocycles. The van der Waals surface area contributed by atoms with Crippen LogP contribution in [0.3, 0.4) is 0 Å². The largest absolute Gasteiger partial charge is 0.456 e. The SMILES string of the molecule is CC(=O)OC1[C@@H](OC(C)=O)[C@@H](CO)O[C@H]1n1cnc2c(N)ncnc21. The van der Waals surface area contributed by atoms with E-state index in [1.807, 2.05) is 0 Å². The van der Waals surface area contributed by atoms with E-state index in [4.69, 9.17) is 19.9 Å². The average molecular weight is 351 g/mol. The number of esters is 2. The van der Waals surface area contributed by atoms with Crippen molar-refractivity contribution in [2.24, 2.45) is 0 Å². The number of fused-ring (bicyclic) bond motifs is 1. The van der Waals surface area contributed by atoms with Gasteiger partial charge in [0.05, 0.1) is 12.9 Å². The summed E-state index contributed by atoms with van der Waals surface area (Å²) in [6, 6.07) is 0. The molecule has 3 rings (SSSR count). The number of carbonyl (C=O) groups excluding carboxylic acids is 2. The third-order valence-corrected chi connectivity index (χ3v) is 3.73. The Morgan fingerprint density at radius 1 is 1.24 bits per heavy atom. The van der Waals surface area contributed by atoms with Gasteiger partial charge in [0, 0.05) is 13.8 Å². The highest BCUT2D eigenvalue weighted by molar-refractivity contribution is 5.81. The number of imidazole rings is 1. The Labute approximate surface area is 141 Å². The smallest absolute Gasteiger partial charge is 0.303 e. The fraction of sp³-hybridized carbons (Fsp3) is 0.500. The first-order valence-electron chi connectivity index (χ1n) is 7.46. The molecule has 3 heterocycles. The summed E-state index contributed by atoms with van der Waals surface area (Å²) in [5.74, 6) is -0.999. The number of aliphatic hydroxyl groups excluding tert-OH is 1. The zero-order valence-corrected chi connectivity index (χ0v) is 13.5. The number of rotatable bonds is 4. The van der Waals surface area contributed by atoms with Crippen molar-refractivity contribution in [1.29, 1.82) is 0 Å². The standard InChI is InChI=1S/C14H17N5O6/c1-6(21)23-10-8(3-20)25-14(11(10)24-7(2)22)19-5-18-9-12(15)16-4-17-13(9)19/h4-5,8,10-11,14,20H,3H2,1-2H3,(H2,15,16,17)/t8-,10+,11?,14-/m1/s1. The van der Waals surface area contributed by atoms with Gasteiger partial charge in [-0.2, -0.15) is 0 Å². The number of ether oxygens (including phenoxy) is 3. The molecule has 4 atom stereocenters. The van der Waals surface area contributed by atoms with Gasteiger partial charge in [-0.05, 0) is 0 Å². The van der Waals surface area contributed by atoms with Gasteiger partial charge in [0.1, 0.15) is 17.9 Å². The van der Waals surface area contributed by atoms with Crippen molar-refractivity contribution < 1.29 is 28.9 Å². The highest BCUT2D eigenvalue weighted by Crippen LogP contribution is 2.35. The molecule has 2 aromatic heterocycles. The molecule has 0 amide bonds. The van der Waals surface area contributed by atoms with Crippen LogP contribution in [0.5, 0.6) is 0 Å². The van der Waals surface area contributed by atoms with Crippen LogP contribution in [0.25, 0.3) is 11.2 Å². The molecule has 0 spiro atoms. The Morgan fingerprint density at radius 3 is 2.56 bits per heavy atom. The second-order valence-corrected chi connectivity index (χ2v) is 5.48. The van der Waals surface area contributed by atoms with Crippen molar-refractivity contribution in [3.63, 3.8) is 0 Å². The van der Waals surface area contributed by atoms with Crippen LogP contribution in [0.1, 0.15) is 20.1 Å². The van der Waals surface area contributed by atoms with E-state index in [0.29, 0.717) is 11.2 Å². The van der Waals surface area contributed by atoms with Gasteiger partial charge >= 0.3 is 11.9 Å². The molecule has 0 bridgehead atoms. The molecule has 134 valence electrons. The van der Waals surface area contributed by atoms with Gasteiger partial charge in [-0.3, -0.25) is 14.2 Å². The lowest BCUT2D eigenvalue weighted by Crippen LogP contribution is -2.40. The van der Waals surface area contributed by atoms with Crippen LogP contribution in [0.4, 0.5) is 5.82 Å². The molecular weight excluding hydrogens is 334 g/mol. The molecule has 1 fully saturated rings. The third kappa shape index (κ3) is 3.10. The Bertz CT molecular complexity index is 808. The normalized spacial score (nSPS) is 25.9. The Balaban J connectivity index is 2.04. The minimum absolute atomic E-state index is 0.182. The molecule has 1 aliphatic heterocycles. The molecule has 11 heteroatoms. The molecule has 0 radical (unpaired) electrons. The third-order valence-electron chi connectivity index (χ3n) is 3.73. The summed E-state index contributed by atoms with van der Waals surface area (Å²) in [6.45, 7) is 2.00. The molecular formula is C14H17N5O6. The fourth-order valence-electron chi connectivity index (χ4n) is 2.79. The molecule has 1 aliphatic rings. The van der Waals surface area contributed by atoms with Crippen LogP contribution in [0, 0.1) is 0 Å². The minimum Gasteiger partial charge on any atom is -0.456 e. The van der Waals surface area contributed by atoms with Crippen LogP contribution in [0.2, 0.25) is 0 Å².